The summed E-state index contributed by atoms with van der Waals surface area (Å²) in [6.07, 6.45) is 19.0. The van der Waals surface area contributed by atoms with Crippen molar-refractivity contribution in [2.24, 2.45) is 0 Å². The summed E-state index contributed by atoms with van der Waals surface area (Å²) in [5.74, 6) is 0.126. The molecule has 2 aromatic rings. The average Bonchev–Trinajstić information content (AvgIpc) is 3.00. The maximum absolute atomic E-state index is 11.8. The first-order valence-corrected chi connectivity index (χ1v) is 17.9. The van der Waals surface area contributed by atoms with E-state index >= 15 is 0 Å². The van der Waals surface area contributed by atoms with E-state index in [0.717, 1.165) is 18.4 Å². The Morgan fingerprint density at radius 3 is 1.49 bits per heavy atom. The van der Waals surface area contributed by atoms with Gasteiger partial charge in [-0.1, -0.05) is 121 Å². The molecule has 0 radical (unpaired) electrons. The topological polar surface area (TPSA) is 101 Å². The lowest BCUT2D eigenvalue weighted by Crippen LogP contribution is -2.14. The molecular weight excluding hydrogens is 568 g/mol. The van der Waals surface area contributed by atoms with Gasteiger partial charge in [0, 0.05) is 12.0 Å². The molecule has 0 unspecified atom stereocenters. The fourth-order valence-corrected chi connectivity index (χ4v) is 5.58. The Kier molecular flexibility index (Phi) is 21.4. The number of fused-ring (bicyclic) bond motifs is 1. The number of ether oxygens (including phenoxy) is 5. The summed E-state index contributed by atoms with van der Waals surface area (Å²) in [5.41, 5.74) is 0. The van der Waals surface area contributed by atoms with Crippen molar-refractivity contribution in [1.29, 1.82) is 0 Å². The van der Waals surface area contributed by atoms with Gasteiger partial charge in [-0.25, -0.2) is 0 Å². The standard InChI is InChI=1S/C34H56O8S/c1-2-3-4-5-6-7-8-9-10-11-12-13-14-17-22-38-23-24-39-25-26-40-27-28-41-29-30-42-34-32-19-16-15-18-31(32)20-21-33(34)43(35,36)37/h15-16,18-21H,2-14,17,22-30H2,1H3,(H,35,36,37). The first-order chi connectivity index (χ1) is 21.0. The molecule has 0 amide bonds. The van der Waals surface area contributed by atoms with Crippen LogP contribution in [-0.2, 0) is 29.1 Å². The Labute approximate surface area is 260 Å². The van der Waals surface area contributed by atoms with Crippen LogP contribution in [0.3, 0.4) is 0 Å². The normalized spacial score (nSPS) is 11.9. The minimum absolute atomic E-state index is 0.126. The second kappa shape index (κ2) is 24.6. The molecule has 0 spiro atoms. The largest absolute Gasteiger partial charge is 0.489 e. The monoisotopic (exact) mass is 624 g/mol. The summed E-state index contributed by atoms with van der Waals surface area (Å²) in [5, 5.41) is 1.43. The van der Waals surface area contributed by atoms with Crippen molar-refractivity contribution in [3.8, 4) is 5.75 Å². The highest BCUT2D eigenvalue weighted by Gasteiger charge is 2.19. The number of rotatable bonds is 29. The first-order valence-electron chi connectivity index (χ1n) is 16.5. The van der Waals surface area contributed by atoms with Gasteiger partial charge in [0.1, 0.15) is 17.3 Å². The van der Waals surface area contributed by atoms with Crippen molar-refractivity contribution in [3.63, 3.8) is 0 Å². The van der Waals surface area contributed by atoms with E-state index in [1.54, 1.807) is 18.2 Å². The first kappa shape index (κ1) is 37.4. The SMILES string of the molecule is CCCCCCCCCCCCCCCCOCCOCCOCCOCCOc1c(S(=O)(=O)O)ccc2ccccc12. The van der Waals surface area contributed by atoms with Gasteiger partial charge in [-0.05, 0) is 17.9 Å². The Morgan fingerprint density at radius 1 is 0.535 bits per heavy atom. The molecule has 0 heterocycles. The van der Waals surface area contributed by atoms with Crippen LogP contribution in [-0.4, -0.2) is 72.4 Å². The van der Waals surface area contributed by atoms with E-state index in [9.17, 15) is 13.0 Å². The fraction of sp³-hybridized carbons (Fsp3) is 0.706. The molecule has 2 aromatic carbocycles. The van der Waals surface area contributed by atoms with Gasteiger partial charge in [0.05, 0.1) is 46.2 Å². The Hall–Kier alpha value is -1.75. The van der Waals surface area contributed by atoms with Crippen LogP contribution < -0.4 is 4.74 Å². The van der Waals surface area contributed by atoms with Gasteiger partial charge >= 0.3 is 0 Å². The molecule has 0 bridgehead atoms. The lowest BCUT2D eigenvalue weighted by molar-refractivity contribution is -0.00491. The molecule has 0 atom stereocenters. The highest BCUT2D eigenvalue weighted by molar-refractivity contribution is 7.86. The van der Waals surface area contributed by atoms with Crippen molar-refractivity contribution >= 4 is 20.9 Å². The summed E-state index contributed by atoms with van der Waals surface area (Å²) in [6, 6.07) is 10.2. The third kappa shape index (κ3) is 18.0. The van der Waals surface area contributed by atoms with Gasteiger partial charge < -0.3 is 23.7 Å². The van der Waals surface area contributed by atoms with Crippen LogP contribution in [0.1, 0.15) is 96.8 Å². The molecular formula is C34H56O8S. The molecule has 0 saturated carbocycles. The van der Waals surface area contributed by atoms with Gasteiger partial charge in [-0.3, -0.25) is 4.55 Å². The van der Waals surface area contributed by atoms with Gasteiger partial charge in [-0.2, -0.15) is 8.42 Å². The van der Waals surface area contributed by atoms with Crippen LogP contribution in [0, 0.1) is 0 Å². The Bertz CT molecular complexity index is 1060. The quantitative estimate of drug-likeness (QED) is 0.0718. The van der Waals surface area contributed by atoms with E-state index in [-0.39, 0.29) is 23.9 Å². The maximum Gasteiger partial charge on any atom is 0.298 e. The molecule has 2 rings (SSSR count). The van der Waals surface area contributed by atoms with Crippen molar-refractivity contribution in [2.45, 2.75) is 102 Å². The predicted octanol–water partition coefficient (Wildman–Crippen LogP) is 8.01. The van der Waals surface area contributed by atoms with E-state index in [1.165, 1.54) is 89.5 Å². The zero-order valence-corrected chi connectivity index (χ0v) is 27.3. The summed E-state index contributed by atoms with van der Waals surface area (Å²) in [7, 11) is -4.41. The number of hydrogen-bond acceptors (Lipinski definition) is 7. The van der Waals surface area contributed by atoms with E-state index in [0.29, 0.717) is 45.0 Å². The third-order valence-corrected chi connectivity index (χ3v) is 8.23. The molecule has 8 nitrogen and oxygen atoms in total. The van der Waals surface area contributed by atoms with Crippen LogP contribution in [0.5, 0.6) is 5.75 Å². The zero-order valence-electron chi connectivity index (χ0n) is 26.4. The van der Waals surface area contributed by atoms with Gasteiger partial charge in [-0.15, -0.1) is 0 Å². The van der Waals surface area contributed by atoms with E-state index in [4.69, 9.17) is 23.7 Å². The van der Waals surface area contributed by atoms with E-state index in [2.05, 4.69) is 6.92 Å². The molecule has 246 valence electrons. The van der Waals surface area contributed by atoms with Crippen molar-refractivity contribution in [3.05, 3.63) is 36.4 Å². The fourth-order valence-electron chi connectivity index (χ4n) is 4.94. The third-order valence-electron chi connectivity index (χ3n) is 7.35. The van der Waals surface area contributed by atoms with Gasteiger partial charge in [0.25, 0.3) is 10.1 Å². The molecule has 9 heteroatoms. The minimum Gasteiger partial charge on any atom is -0.489 e. The molecule has 0 aliphatic rings. The second-order valence-corrected chi connectivity index (χ2v) is 12.4. The molecule has 43 heavy (non-hydrogen) atoms. The molecule has 0 aliphatic heterocycles. The highest BCUT2D eigenvalue weighted by atomic mass is 32.2. The maximum atomic E-state index is 11.8. The van der Waals surface area contributed by atoms with Crippen molar-refractivity contribution < 1.29 is 36.7 Å². The van der Waals surface area contributed by atoms with Crippen molar-refractivity contribution in [1.82, 2.24) is 0 Å². The second-order valence-electron chi connectivity index (χ2n) is 11.0. The molecule has 1 N–H and O–H groups in total. The summed E-state index contributed by atoms with van der Waals surface area (Å²) in [4.78, 5) is -0.255. The summed E-state index contributed by atoms with van der Waals surface area (Å²) < 4.78 is 61.0. The van der Waals surface area contributed by atoms with Gasteiger partial charge in [0.15, 0.2) is 0 Å². The van der Waals surface area contributed by atoms with Crippen LogP contribution >= 0.6 is 0 Å². The summed E-state index contributed by atoms with van der Waals surface area (Å²) in [6.45, 7) is 6.43. The molecule has 0 aliphatic carbocycles. The number of hydrogen-bond donors (Lipinski definition) is 1. The minimum atomic E-state index is -4.41. The van der Waals surface area contributed by atoms with Crippen LogP contribution in [0.15, 0.2) is 41.3 Å². The zero-order chi connectivity index (χ0) is 30.9. The molecule has 0 fully saturated rings. The number of benzene rings is 2. The summed E-state index contributed by atoms with van der Waals surface area (Å²) >= 11 is 0. The smallest absolute Gasteiger partial charge is 0.298 e. The van der Waals surface area contributed by atoms with Crippen LogP contribution in [0.25, 0.3) is 10.8 Å². The molecule has 0 aromatic heterocycles. The lowest BCUT2D eigenvalue weighted by Gasteiger charge is -2.13. The highest BCUT2D eigenvalue weighted by Crippen LogP contribution is 2.32. The Morgan fingerprint density at radius 2 is 0.977 bits per heavy atom. The number of unbranched alkanes of at least 4 members (excludes halogenated alkanes) is 13. The van der Waals surface area contributed by atoms with Crippen LogP contribution in [0.4, 0.5) is 0 Å². The van der Waals surface area contributed by atoms with Crippen LogP contribution in [0.2, 0.25) is 0 Å². The van der Waals surface area contributed by atoms with Crippen molar-refractivity contribution in [2.75, 3.05) is 59.5 Å². The lowest BCUT2D eigenvalue weighted by atomic mass is 10.0. The average molecular weight is 625 g/mol. The molecule has 0 saturated heterocycles. The van der Waals surface area contributed by atoms with E-state index in [1.807, 2.05) is 12.1 Å². The predicted molar refractivity (Wildman–Crippen MR) is 173 cm³/mol. The van der Waals surface area contributed by atoms with Gasteiger partial charge in [0.2, 0.25) is 0 Å². The van der Waals surface area contributed by atoms with E-state index < -0.39 is 10.1 Å². The Balaban J connectivity index is 1.32.